The van der Waals surface area contributed by atoms with Crippen molar-refractivity contribution in [3.05, 3.63) is 17.6 Å². The average Bonchev–Trinajstić information content (AvgIpc) is 2.74. The van der Waals surface area contributed by atoms with E-state index in [1.165, 1.54) is 0 Å². The number of aromatic nitrogens is 5. The molecule has 1 aliphatic heterocycles. The number of hydrogen-bond donors (Lipinski definition) is 1. The van der Waals surface area contributed by atoms with Gasteiger partial charge in [0.05, 0.1) is 5.69 Å². The van der Waals surface area contributed by atoms with Gasteiger partial charge in [-0.2, -0.15) is 5.10 Å². The van der Waals surface area contributed by atoms with Gasteiger partial charge in [0.25, 0.3) is 0 Å². The molecular formula is C11H16N6. The van der Waals surface area contributed by atoms with E-state index in [2.05, 4.69) is 31.2 Å². The number of hydrogen-bond acceptors (Lipinski definition) is 4. The predicted molar refractivity (Wildman–Crippen MR) is 63.5 cm³/mol. The monoisotopic (exact) mass is 232 g/mol. The summed E-state index contributed by atoms with van der Waals surface area (Å²) in [6, 6.07) is 2.05. The Labute approximate surface area is 99.7 Å². The van der Waals surface area contributed by atoms with Crippen molar-refractivity contribution >= 4 is 0 Å². The molecule has 1 aliphatic rings. The van der Waals surface area contributed by atoms with Crippen LogP contribution in [0.15, 0.2) is 6.07 Å². The highest BCUT2D eigenvalue weighted by molar-refractivity contribution is 5.51. The topological polar surface area (TPSA) is 60.6 Å². The van der Waals surface area contributed by atoms with Gasteiger partial charge in [-0.15, -0.1) is 10.2 Å². The fourth-order valence-corrected chi connectivity index (χ4v) is 2.28. The highest BCUT2D eigenvalue weighted by Crippen LogP contribution is 2.19. The van der Waals surface area contributed by atoms with Crippen LogP contribution in [0.3, 0.4) is 0 Å². The van der Waals surface area contributed by atoms with E-state index in [9.17, 15) is 0 Å². The van der Waals surface area contributed by atoms with Crippen LogP contribution >= 0.6 is 0 Å². The second kappa shape index (κ2) is 3.96. The van der Waals surface area contributed by atoms with Crippen molar-refractivity contribution < 1.29 is 0 Å². The summed E-state index contributed by atoms with van der Waals surface area (Å²) in [6.45, 7) is 4.85. The molecule has 0 aromatic carbocycles. The molecule has 0 spiro atoms. The Kier molecular flexibility index (Phi) is 2.44. The van der Waals surface area contributed by atoms with Crippen LogP contribution in [0.5, 0.6) is 0 Å². The molecule has 0 radical (unpaired) electrons. The normalized spacial score (nSPS) is 15.6. The Morgan fingerprint density at radius 2 is 2.18 bits per heavy atom. The van der Waals surface area contributed by atoms with Crippen molar-refractivity contribution in [2.75, 3.05) is 13.1 Å². The zero-order chi connectivity index (χ0) is 11.8. The average molecular weight is 232 g/mol. The van der Waals surface area contributed by atoms with Gasteiger partial charge in [-0.3, -0.25) is 4.68 Å². The number of nitrogens with one attached hydrogen (secondary N) is 1. The zero-order valence-electron chi connectivity index (χ0n) is 10.1. The Balaban J connectivity index is 2.09. The molecular weight excluding hydrogens is 216 g/mol. The van der Waals surface area contributed by atoms with Crippen molar-refractivity contribution in [2.24, 2.45) is 7.05 Å². The Morgan fingerprint density at radius 1 is 1.29 bits per heavy atom. The lowest BCUT2D eigenvalue weighted by Gasteiger charge is -2.06. The third-order valence-corrected chi connectivity index (χ3v) is 3.10. The minimum atomic E-state index is 0.919. The van der Waals surface area contributed by atoms with Gasteiger partial charge in [-0.25, -0.2) is 0 Å². The largest absolute Gasteiger partial charge is 0.315 e. The van der Waals surface area contributed by atoms with Crippen LogP contribution in [0.4, 0.5) is 0 Å². The third-order valence-electron chi connectivity index (χ3n) is 3.10. The lowest BCUT2D eigenvalue weighted by atomic mass is 10.3. The smallest absolute Gasteiger partial charge is 0.182 e. The predicted octanol–water partition coefficient (Wildman–Crippen LogP) is 0.133. The molecule has 6 heteroatoms. The number of fused-ring (bicyclic) bond motifs is 1. The van der Waals surface area contributed by atoms with Crippen LogP contribution in [0.2, 0.25) is 0 Å². The quantitative estimate of drug-likeness (QED) is 0.759. The lowest BCUT2D eigenvalue weighted by molar-refractivity contribution is 0.642. The molecule has 0 saturated carbocycles. The first kappa shape index (κ1) is 10.5. The lowest BCUT2D eigenvalue weighted by Crippen LogP contribution is -2.18. The van der Waals surface area contributed by atoms with Crippen molar-refractivity contribution in [2.45, 2.75) is 19.9 Å². The summed E-state index contributed by atoms with van der Waals surface area (Å²) >= 11 is 0. The molecule has 0 fully saturated rings. The summed E-state index contributed by atoms with van der Waals surface area (Å²) < 4.78 is 4.06. The molecule has 0 atom stereocenters. The molecule has 0 saturated heterocycles. The van der Waals surface area contributed by atoms with Crippen LogP contribution in [0.1, 0.15) is 11.5 Å². The molecule has 2 aromatic heterocycles. The van der Waals surface area contributed by atoms with Gasteiger partial charge >= 0.3 is 0 Å². The third kappa shape index (κ3) is 1.74. The molecule has 90 valence electrons. The molecule has 2 aromatic rings. The van der Waals surface area contributed by atoms with Crippen molar-refractivity contribution in [3.8, 4) is 11.5 Å². The number of nitrogens with zero attached hydrogens (tertiary/aromatic N) is 5. The second-order valence-corrected chi connectivity index (χ2v) is 4.39. The highest BCUT2D eigenvalue weighted by atomic mass is 15.3. The molecule has 0 aliphatic carbocycles. The Hall–Kier alpha value is -1.69. The van der Waals surface area contributed by atoms with Gasteiger partial charge in [-0.1, -0.05) is 0 Å². The molecule has 0 bridgehead atoms. The van der Waals surface area contributed by atoms with Crippen LogP contribution in [0, 0.1) is 6.92 Å². The molecule has 0 amide bonds. The molecule has 3 rings (SSSR count). The molecule has 6 nitrogen and oxygen atoms in total. The second-order valence-electron chi connectivity index (χ2n) is 4.39. The highest BCUT2D eigenvalue weighted by Gasteiger charge is 2.18. The van der Waals surface area contributed by atoms with Crippen LogP contribution in [0.25, 0.3) is 11.5 Å². The van der Waals surface area contributed by atoms with Crippen LogP contribution in [-0.2, 0) is 20.0 Å². The van der Waals surface area contributed by atoms with E-state index >= 15 is 0 Å². The number of aryl methyl sites for hydroxylation is 2. The molecule has 0 unspecified atom stereocenters. The van der Waals surface area contributed by atoms with E-state index in [1.807, 2.05) is 18.7 Å². The van der Waals surface area contributed by atoms with Gasteiger partial charge in [0, 0.05) is 33.1 Å². The van der Waals surface area contributed by atoms with Gasteiger partial charge in [0.15, 0.2) is 5.82 Å². The maximum absolute atomic E-state index is 4.36. The van der Waals surface area contributed by atoms with Gasteiger partial charge in [-0.05, 0) is 13.0 Å². The zero-order valence-corrected chi connectivity index (χ0v) is 10.1. The van der Waals surface area contributed by atoms with Gasteiger partial charge < -0.3 is 9.88 Å². The van der Waals surface area contributed by atoms with Crippen molar-refractivity contribution in [1.82, 2.24) is 29.9 Å². The SMILES string of the molecule is Cc1cc(-c2nnc3n2CCNCC3)n(C)n1. The summed E-state index contributed by atoms with van der Waals surface area (Å²) in [5, 5.41) is 16.3. The maximum atomic E-state index is 4.36. The summed E-state index contributed by atoms with van der Waals surface area (Å²) in [4.78, 5) is 0. The van der Waals surface area contributed by atoms with Crippen LogP contribution in [-0.4, -0.2) is 37.6 Å². The summed E-state index contributed by atoms with van der Waals surface area (Å²) in [6.07, 6.45) is 0.934. The van der Waals surface area contributed by atoms with E-state index in [0.29, 0.717) is 0 Å². The molecule has 17 heavy (non-hydrogen) atoms. The molecule has 1 N–H and O–H groups in total. The minimum absolute atomic E-state index is 0.919. The maximum Gasteiger partial charge on any atom is 0.182 e. The summed E-state index contributed by atoms with van der Waals surface area (Å²) in [5.41, 5.74) is 2.04. The van der Waals surface area contributed by atoms with Crippen molar-refractivity contribution in [1.29, 1.82) is 0 Å². The number of rotatable bonds is 1. The van der Waals surface area contributed by atoms with Crippen molar-refractivity contribution in [3.63, 3.8) is 0 Å². The minimum Gasteiger partial charge on any atom is -0.315 e. The first-order chi connectivity index (χ1) is 8.25. The van der Waals surface area contributed by atoms with Gasteiger partial charge in [0.1, 0.15) is 11.5 Å². The van der Waals surface area contributed by atoms with E-state index in [0.717, 1.165) is 49.1 Å². The van der Waals surface area contributed by atoms with E-state index in [1.54, 1.807) is 0 Å². The van der Waals surface area contributed by atoms with Gasteiger partial charge in [0.2, 0.25) is 0 Å². The Morgan fingerprint density at radius 3 is 2.94 bits per heavy atom. The van der Waals surface area contributed by atoms with E-state index < -0.39 is 0 Å². The molecule has 3 heterocycles. The first-order valence-corrected chi connectivity index (χ1v) is 5.89. The van der Waals surface area contributed by atoms with Crippen LogP contribution < -0.4 is 5.32 Å². The summed E-state index contributed by atoms with van der Waals surface area (Å²) in [7, 11) is 1.94. The standard InChI is InChI=1S/C11H16N6/c1-8-7-9(16(2)15-8)11-14-13-10-3-4-12-5-6-17(10)11/h7,12H,3-6H2,1-2H3. The Bertz CT molecular complexity index is 538. The fraction of sp³-hybridized carbons (Fsp3) is 0.545. The van der Waals surface area contributed by atoms with E-state index in [4.69, 9.17) is 0 Å². The fourth-order valence-electron chi connectivity index (χ4n) is 2.28. The first-order valence-electron chi connectivity index (χ1n) is 5.89. The summed E-state index contributed by atoms with van der Waals surface area (Å²) in [5.74, 6) is 1.98. The van der Waals surface area contributed by atoms with E-state index in [-0.39, 0.29) is 0 Å².